The minimum absolute atomic E-state index is 0.141. The predicted molar refractivity (Wildman–Crippen MR) is 68.8 cm³/mol. The Kier molecular flexibility index (Phi) is 4.28. The molecule has 0 atom stereocenters. The molecule has 1 aliphatic rings. The van der Waals surface area contributed by atoms with E-state index in [1.54, 1.807) is 0 Å². The molecule has 0 saturated carbocycles. The van der Waals surface area contributed by atoms with Gasteiger partial charge in [-0.05, 0) is 29.8 Å². The van der Waals surface area contributed by atoms with E-state index in [1.165, 1.54) is 42.2 Å². The summed E-state index contributed by atoms with van der Waals surface area (Å²) in [6.07, 6.45) is -3.35. The van der Waals surface area contributed by atoms with E-state index in [1.807, 2.05) is 0 Å². The summed E-state index contributed by atoms with van der Waals surface area (Å²) in [4.78, 5) is 10.9. The van der Waals surface area contributed by atoms with Crippen LogP contribution in [0.25, 0.3) is 0 Å². The second-order valence-corrected chi connectivity index (χ2v) is 4.57. The standard InChI is InChI=1S/C11H8F3N3O2S/c12-11(13,14)19-8-3-1-7(2-4-8)5-15-17-10-16-9(18)6-20-10/h1-5H,6H2,(H,16,17,18). The Morgan fingerprint density at radius 1 is 1.30 bits per heavy atom. The van der Waals surface area contributed by atoms with E-state index >= 15 is 0 Å². The molecule has 0 spiro atoms. The normalized spacial score (nSPS) is 17.8. The number of rotatable bonds is 3. The van der Waals surface area contributed by atoms with Crippen LogP contribution in [0.15, 0.2) is 34.5 Å². The quantitative estimate of drug-likeness (QED) is 0.687. The minimum Gasteiger partial charge on any atom is -0.406 e. The number of nitrogens with zero attached hydrogens (tertiary/aromatic N) is 2. The van der Waals surface area contributed by atoms with Crippen LogP contribution in [0.4, 0.5) is 13.2 Å². The molecule has 1 fully saturated rings. The fourth-order valence-corrected chi connectivity index (χ4v) is 1.91. The lowest BCUT2D eigenvalue weighted by atomic mass is 10.2. The van der Waals surface area contributed by atoms with Gasteiger partial charge in [0.15, 0.2) is 5.17 Å². The van der Waals surface area contributed by atoms with Gasteiger partial charge in [0.25, 0.3) is 0 Å². The smallest absolute Gasteiger partial charge is 0.406 e. The maximum atomic E-state index is 11.9. The first-order valence-electron chi connectivity index (χ1n) is 5.32. The van der Waals surface area contributed by atoms with E-state index in [2.05, 4.69) is 20.3 Å². The molecule has 1 aromatic rings. The molecule has 0 unspecified atom stereocenters. The number of amidine groups is 1. The highest BCUT2D eigenvalue weighted by atomic mass is 32.2. The number of ether oxygens (including phenoxy) is 1. The lowest BCUT2D eigenvalue weighted by Gasteiger charge is -2.08. The van der Waals surface area contributed by atoms with Crippen LogP contribution in [0.2, 0.25) is 0 Å². The van der Waals surface area contributed by atoms with Crippen LogP contribution in [-0.4, -0.2) is 29.4 Å². The number of benzene rings is 1. The van der Waals surface area contributed by atoms with Gasteiger partial charge in [0, 0.05) is 0 Å². The van der Waals surface area contributed by atoms with Crippen molar-refractivity contribution in [3.8, 4) is 5.75 Å². The van der Waals surface area contributed by atoms with Crippen LogP contribution in [-0.2, 0) is 4.79 Å². The summed E-state index contributed by atoms with van der Waals surface area (Å²) in [5.74, 6) is -0.144. The van der Waals surface area contributed by atoms with Gasteiger partial charge < -0.3 is 10.1 Å². The molecule has 5 nitrogen and oxygen atoms in total. The largest absolute Gasteiger partial charge is 0.573 e. The number of amides is 1. The summed E-state index contributed by atoms with van der Waals surface area (Å²) < 4.78 is 39.6. The predicted octanol–water partition coefficient (Wildman–Crippen LogP) is 2.14. The van der Waals surface area contributed by atoms with Crippen LogP contribution >= 0.6 is 11.8 Å². The summed E-state index contributed by atoms with van der Waals surface area (Å²) in [6.45, 7) is 0. The lowest BCUT2D eigenvalue weighted by molar-refractivity contribution is -0.274. The van der Waals surface area contributed by atoms with E-state index in [0.29, 0.717) is 16.5 Å². The Labute approximate surface area is 115 Å². The molecular formula is C11H8F3N3O2S. The molecule has 106 valence electrons. The van der Waals surface area contributed by atoms with Gasteiger partial charge in [0.1, 0.15) is 5.75 Å². The fourth-order valence-electron chi connectivity index (χ4n) is 1.28. The lowest BCUT2D eigenvalue weighted by Crippen LogP contribution is -2.19. The third-order valence-corrected chi connectivity index (χ3v) is 2.92. The van der Waals surface area contributed by atoms with Gasteiger partial charge in [0.2, 0.25) is 5.91 Å². The molecular weight excluding hydrogens is 295 g/mol. The Bertz CT molecular complexity index is 555. The molecule has 1 saturated heterocycles. The summed E-state index contributed by atoms with van der Waals surface area (Å²) in [5, 5.41) is 10.4. The van der Waals surface area contributed by atoms with E-state index in [-0.39, 0.29) is 11.7 Å². The highest BCUT2D eigenvalue weighted by molar-refractivity contribution is 8.15. The maximum absolute atomic E-state index is 11.9. The Balaban J connectivity index is 1.95. The van der Waals surface area contributed by atoms with Gasteiger partial charge in [-0.2, -0.15) is 5.10 Å². The third-order valence-electron chi connectivity index (χ3n) is 2.06. The zero-order valence-electron chi connectivity index (χ0n) is 9.85. The van der Waals surface area contributed by atoms with Gasteiger partial charge in [-0.1, -0.05) is 11.8 Å². The number of hydrogen-bond acceptors (Lipinski definition) is 5. The Morgan fingerprint density at radius 3 is 2.55 bits per heavy atom. The number of thioether (sulfide) groups is 1. The second-order valence-electron chi connectivity index (χ2n) is 3.60. The van der Waals surface area contributed by atoms with Crippen molar-refractivity contribution >= 4 is 29.1 Å². The molecule has 9 heteroatoms. The SMILES string of the molecule is O=C1CSC(=NN=Cc2ccc(OC(F)(F)F)cc2)N1. The van der Waals surface area contributed by atoms with Gasteiger partial charge >= 0.3 is 6.36 Å². The van der Waals surface area contributed by atoms with Gasteiger partial charge in [-0.3, -0.25) is 4.79 Å². The highest BCUT2D eigenvalue weighted by Crippen LogP contribution is 2.22. The Morgan fingerprint density at radius 2 is 2.00 bits per heavy atom. The van der Waals surface area contributed by atoms with Gasteiger partial charge in [-0.15, -0.1) is 18.3 Å². The number of carbonyl (C=O) groups excluding carboxylic acids is 1. The number of alkyl halides is 3. The zero-order chi connectivity index (χ0) is 14.6. The number of halogens is 3. The molecule has 1 aromatic carbocycles. The summed E-state index contributed by atoms with van der Waals surface area (Å²) in [6, 6.07) is 5.17. The van der Waals surface area contributed by atoms with Crippen molar-refractivity contribution in [1.29, 1.82) is 0 Å². The average molecular weight is 303 g/mol. The van der Waals surface area contributed by atoms with Crippen molar-refractivity contribution in [2.75, 3.05) is 5.75 Å². The summed E-state index contributed by atoms with van der Waals surface area (Å²) in [7, 11) is 0. The number of carbonyl (C=O) groups is 1. The zero-order valence-corrected chi connectivity index (χ0v) is 10.7. The van der Waals surface area contributed by atoms with E-state index in [4.69, 9.17) is 0 Å². The number of hydrogen-bond donors (Lipinski definition) is 1. The van der Waals surface area contributed by atoms with Crippen LogP contribution in [0, 0.1) is 0 Å². The first-order chi connectivity index (χ1) is 9.42. The molecule has 0 radical (unpaired) electrons. The van der Waals surface area contributed by atoms with Crippen molar-refractivity contribution in [2.45, 2.75) is 6.36 Å². The van der Waals surface area contributed by atoms with Crippen molar-refractivity contribution in [3.05, 3.63) is 29.8 Å². The molecule has 0 aliphatic carbocycles. The number of nitrogens with one attached hydrogen (secondary N) is 1. The van der Waals surface area contributed by atoms with Crippen molar-refractivity contribution in [3.63, 3.8) is 0 Å². The molecule has 1 heterocycles. The summed E-state index contributed by atoms with van der Waals surface area (Å²) >= 11 is 1.23. The van der Waals surface area contributed by atoms with Crippen LogP contribution in [0.5, 0.6) is 5.75 Å². The van der Waals surface area contributed by atoms with Crippen molar-refractivity contribution < 1.29 is 22.7 Å². The van der Waals surface area contributed by atoms with Crippen LogP contribution in [0.3, 0.4) is 0 Å². The van der Waals surface area contributed by atoms with Crippen LogP contribution in [0.1, 0.15) is 5.56 Å². The van der Waals surface area contributed by atoms with Gasteiger partial charge in [0.05, 0.1) is 12.0 Å². The van der Waals surface area contributed by atoms with E-state index in [0.717, 1.165) is 0 Å². The summed E-state index contributed by atoms with van der Waals surface area (Å²) in [5.41, 5.74) is 0.554. The highest BCUT2D eigenvalue weighted by Gasteiger charge is 2.30. The van der Waals surface area contributed by atoms with E-state index < -0.39 is 6.36 Å². The molecule has 1 N–H and O–H groups in total. The third kappa shape index (κ3) is 4.57. The molecule has 20 heavy (non-hydrogen) atoms. The molecule has 0 bridgehead atoms. The first-order valence-corrected chi connectivity index (χ1v) is 6.30. The molecule has 1 aliphatic heterocycles. The maximum Gasteiger partial charge on any atom is 0.573 e. The topological polar surface area (TPSA) is 63.0 Å². The monoisotopic (exact) mass is 303 g/mol. The molecule has 2 rings (SSSR count). The molecule has 1 amide bonds. The first kappa shape index (κ1) is 14.4. The second kappa shape index (κ2) is 5.95. The van der Waals surface area contributed by atoms with Crippen molar-refractivity contribution in [1.82, 2.24) is 5.32 Å². The minimum atomic E-state index is -4.71. The molecule has 0 aromatic heterocycles. The van der Waals surface area contributed by atoms with E-state index in [9.17, 15) is 18.0 Å². The average Bonchev–Trinajstić information content (AvgIpc) is 2.75. The van der Waals surface area contributed by atoms with Crippen molar-refractivity contribution in [2.24, 2.45) is 10.2 Å². The van der Waals surface area contributed by atoms with Gasteiger partial charge in [-0.25, -0.2) is 0 Å². The fraction of sp³-hybridized carbons (Fsp3) is 0.182. The van der Waals surface area contributed by atoms with Crippen LogP contribution < -0.4 is 10.1 Å². The Hall–Kier alpha value is -2.03.